The Bertz CT molecular complexity index is 705. The highest BCUT2D eigenvalue weighted by Gasteiger charge is 2.41. The number of hydrogen-bond acceptors (Lipinski definition) is 7. The predicted octanol–water partition coefficient (Wildman–Crippen LogP) is 3.75. The van der Waals surface area contributed by atoms with Crippen LogP contribution in [-0.4, -0.2) is 46.9 Å². The number of rotatable bonds is 21. The molecule has 1 aliphatic heterocycles. The number of ether oxygens (including phenoxy) is 1. The Morgan fingerprint density at radius 3 is 2.00 bits per heavy atom. The maximum absolute atomic E-state index is 11.9. The maximum Gasteiger partial charge on any atom is 0.527 e. The predicted molar refractivity (Wildman–Crippen MR) is 123 cm³/mol. The number of unbranched alkanes of at least 4 members (excludes halogenated alkanes) is 11. The number of aliphatic carboxylic acids is 1. The minimum absolute atomic E-state index is 0.0877. The number of hydrogen-bond donors (Lipinski definition) is 3. The lowest BCUT2D eigenvalue weighted by molar-refractivity contribution is -0.304. The smallest absolute Gasteiger partial charge is 0.474 e. The highest BCUT2D eigenvalue weighted by molar-refractivity contribution is 7.47. The molecule has 0 fully saturated rings. The summed E-state index contributed by atoms with van der Waals surface area (Å²) in [6.07, 6.45) is 16.9. The summed E-state index contributed by atoms with van der Waals surface area (Å²) in [6, 6.07) is 0. The zero-order valence-electron chi connectivity index (χ0n) is 19.7. The molecule has 1 unspecified atom stereocenters. The molecule has 0 spiro atoms. The summed E-state index contributed by atoms with van der Waals surface area (Å²) < 4.78 is 26.2. The van der Waals surface area contributed by atoms with E-state index < -0.39 is 25.0 Å². The summed E-state index contributed by atoms with van der Waals surface area (Å²) in [5, 5.41) is 8.64. The molecule has 0 bridgehead atoms. The van der Waals surface area contributed by atoms with Crippen molar-refractivity contribution >= 4 is 26.0 Å². The molecule has 0 aromatic heterocycles. The number of carbonyl (C=O) groups excluding carboxylic acids is 1. The number of carboxylic acids is 1. The SMILES string of the molecule is CCCCCCCCCCCCCCC(=O)OC[C@]1(COP(=O)(O)O/C=C(\[NH3+])C(=O)O)C=N1. The summed E-state index contributed by atoms with van der Waals surface area (Å²) >= 11 is 0. The lowest BCUT2D eigenvalue weighted by atomic mass is 10.0. The van der Waals surface area contributed by atoms with Crippen LogP contribution in [0.2, 0.25) is 0 Å². The van der Waals surface area contributed by atoms with Gasteiger partial charge in [-0.3, -0.25) is 19.2 Å². The first-order valence-electron chi connectivity index (χ1n) is 11.8. The second-order valence-electron chi connectivity index (χ2n) is 8.46. The summed E-state index contributed by atoms with van der Waals surface area (Å²) in [5.41, 5.74) is 1.66. The first kappa shape index (κ1) is 29.3. The molecular weight excluding hydrogens is 451 g/mol. The molecule has 11 heteroatoms. The lowest BCUT2D eigenvalue weighted by Crippen LogP contribution is -2.51. The fraction of sp³-hybridized carbons (Fsp3) is 0.773. The standard InChI is InChI=1S/C22H39N2O8P/c1-2-3-4-5-6-7-8-9-10-11-12-13-14-20(25)30-17-22(16-24-22)18-32-33(28,29)31-15-19(23)21(26)27/h15-16H,2-14,17-18,23H2,1H3,(H,26,27)(H,28,29)/p+1/b19-15-/t22-/m0/s1. The Morgan fingerprint density at radius 1 is 1.00 bits per heavy atom. The molecular formula is C22H40N2O8P+. The van der Waals surface area contributed by atoms with Gasteiger partial charge < -0.3 is 20.1 Å². The van der Waals surface area contributed by atoms with Crippen LogP contribution in [0, 0.1) is 0 Å². The van der Waals surface area contributed by atoms with E-state index in [9.17, 15) is 19.0 Å². The summed E-state index contributed by atoms with van der Waals surface area (Å²) in [4.78, 5) is 36.1. The number of carboxylic acid groups (broad SMARTS) is 1. The minimum Gasteiger partial charge on any atom is -0.474 e. The largest absolute Gasteiger partial charge is 0.527 e. The van der Waals surface area contributed by atoms with E-state index in [1.165, 1.54) is 64.0 Å². The van der Waals surface area contributed by atoms with E-state index in [-0.39, 0.29) is 19.2 Å². The average molecular weight is 492 g/mol. The van der Waals surface area contributed by atoms with Gasteiger partial charge in [-0.05, 0) is 6.42 Å². The monoisotopic (exact) mass is 491 g/mol. The van der Waals surface area contributed by atoms with Crippen LogP contribution in [-0.2, 0) is 27.9 Å². The molecule has 0 aromatic rings. The topological polar surface area (TPSA) is 159 Å². The number of esters is 1. The van der Waals surface area contributed by atoms with Gasteiger partial charge in [0.2, 0.25) is 5.70 Å². The molecule has 1 aliphatic rings. The van der Waals surface area contributed by atoms with Crippen molar-refractivity contribution in [1.82, 2.24) is 0 Å². The van der Waals surface area contributed by atoms with Crippen molar-refractivity contribution in [3.05, 3.63) is 12.0 Å². The van der Waals surface area contributed by atoms with Gasteiger partial charge in [-0.2, -0.15) is 0 Å². The van der Waals surface area contributed by atoms with Crippen LogP contribution in [0.4, 0.5) is 0 Å². The van der Waals surface area contributed by atoms with E-state index >= 15 is 0 Å². The molecule has 0 saturated carbocycles. The number of nitrogens with zero attached hydrogens (tertiary/aromatic N) is 1. The first-order valence-corrected chi connectivity index (χ1v) is 13.3. The van der Waals surface area contributed by atoms with E-state index in [0.717, 1.165) is 19.3 Å². The van der Waals surface area contributed by atoms with E-state index in [0.29, 0.717) is 12.7 Å². The maximum atomic E-state index is 11.9. The Morgan fingerprint density at radius 2 is 1.52 bits per heavy atom. The van der Waals surface area contributed by atoms with Gasteiger partial charge in [0, 0.05) is 12.6 Å². The van der Waals surface area contributed by atoms with Crippen LogP contribution in [0.1, 0.15) is 90.4 Å². The molecule has 5 N–H and O–H groups in total. The lowest BCUT2D eigenvalue weighted by Gasteiger charge is -2.16. The molecule has 10 nitrogen and oxygen atoms in total. The third-order valence-electron chi connectivity index (χ3n) is 5.29. The van der Waals surface area contributed by atoms with Crippen LogP contribution < -0.4 is 5.73 Å². The third-order valence-corrected chi connectivity index (χ3v) is 6.12. The zero-order valence-corrected chi connectivity index (χ0v) is 20.6. The molecule has 0 aliphatic carbocycles. The van der Waals surface area contributed by atoms with Gasteiger partial charge in [0.25, 0.3) is 0 Å². The molecule has 2 atom stereocenters. The average Bonchev–Trinajstić information content (AvgIpc) is 3.56. The third kappa shape index (κ3) is 14.9. The molecule has 0 aromatic carbocycles. The summed E-state index contributed by atoms with van der Waals surface area (Å²) in [6.45, 7) is 1.81. The highest BCUT2D eigenvalue weighted by atomic mass is 31.2. The van der Waals surface area contributed by atoms with Crippen LogP contribution >= 0.6 is 7.82 Å². The van der Waals surface area contributed by atoms with Crippen molar-refractivity contribution in [2.75, 3.05) is 13.2 Å². The van der Waals surface area contributed by atoms with Gasteiger partial charge in [-0.1, -0.05) is 77.6 Å². The van der Waals surface area contributed by atoms with Crippen LogP contribution in [0.25, 0.3) is 0 Å². The normalized spacial score (nSPS) is 19.2. The second-order valence-corrected chi connectivity index (χ2v) is 9.86. The van der Waals surface area contributed by atoms with Crippen molar-refractivity contribution in [3.63, 3.8) is 0 Å². The van der Waals surface area contributed by atoms with Gasteiger partial charge in [0.1, 0.15) is 6.61 Å². The van der Waals surface area contributed by atoms with E-state index in [1.807, 2.05) is 0 Å². The van der Waals surface area contributed by atoms with Crippen molar-refractivity contribution < 1.29 is 43.7 Å². The molecule has 1 rings (SSSR count). The Kier molecular flexibility index (Phi) is 14.2. The molecule has 0 radical (unpaired) electrons. The van der Waals surface area contributed by atoms with E-state index in [1.54, 1.807) is 0 Å². The zero-order chi connectivity index (χ0) is 24.6. The van der Waals surface area contributed by atoms with Crippen LogP contribution in [0.5, 0.6) is 0 Å². The number of quaternary nitrogens is 1. The van der Waals surface area contributed by atoms with Gasteiger partial charge in [-0.15, -0.1) is 0 Å². The van der Waals surface area contributed by atoms with Gasteiger partial charge in [-0.25, -0.2) is 9.36 Å². The molecule has 190 valence electrons. The van der Waals surface area contributed by atoms with Gasteiger partial charge in [0.05, 0.1) is 6.61 Å². The fourth-order valence-electron chi connectivity index (χ4n) is 3.07. The van der Waals surface area contributed by atoms with Crippen molar-refractivity contribution in [2.24, 2.45) is 4.99 Å². The summed E-state index contributed by atoms with van der Waals surface area (Å²) in [5.74, 6) is -1.73. The minimum atomic E-state index is -4.53. The Hall–Kier alpha value is -1.74. The number of phosphoric acid groups is 1. The fourth-order valence-corrected chi connectivity index (χ4v) is 3.78. The van der Waals surface area contributed by atoms with E-state index in [4.69, 9.17) is 14.4 Å². The van der Waals surface area contributed by atoms with Gasteiger partial charge in [0.15, 0.2) is 11.8 Å². The molecule has 0 amide bonds. The number of phosphoric ester groups is 1. The molecule has 1 heterocycles. The number of carbonyl (C=O) groups is 2. The van der Waals surface area contributed by atoms with Crippen molar-refractivity contribution in [1.29, 1.82) is 0 Å². The molecule has 0 saturated heterocycles. The quantitative estimate of drug-likeness (QED) is 0.0719. The highest BCUT2D eigenvalue weighted by Crippen LogP contribution is 2.45. The summed E-state index contributed by atoms with van der Waals surface area (Å²) in [7, 11) is -4.53. The number of aliphatic imine (C=N–C) groups is 1. The van der Waals surface area contributed by atoms with Crippen LogP contribution in [0.15, 0.2) is 17.0 Å². The van der Waals surface area contributed by atoms with Crippen LogP contribution in [0.3, 0.4) is 0 Å². The Labute approximate surface area is 196 Å². The van der Waals surface area contributed by atoms with Crippen molar-refractivity contribution in [2.45, 2.75) is 95.9 Å². The van der Waals surface area contributed by atoms with E-state index in [2.05, 4.69) is 22.2 Å². The van der Waals surface area contributed by atoms with Gasteiger partial charge >= 0.3 is 19.8 Å². The Balaban J connectivity index is 2.05. The second kappa shape index (κ2) is 16.0. The first-order chi connectivity index (χ1) is 15.7. The molecule has 33 heavy (non-hydrogen) atoms. The van der Waals surface area contributed by atoms with Crippen molar-refractivity contribution in [3.8, 4) is 0 Å².